The van der Waals surface area contributed by atoms with Gasteiger partial charge in [-0.3, -0.25) is 4.79 Å². The number of carbonyl (C=O) groups is 1. The van der Waals surface area contributed by atoms with E-state index in [0.717, 1.165) is 5.56 Å². The molecule has 2 N–H and O–H groups in total. The van der Waals surface area contributed by atoms with Gasteiger partial charge < -0.3 is 15.0 Å². The van der Waals surface area contributed by atoms with Crippen molar-refractivity contribution in [1.82, 2.24) is 19.7 Å². The summed E-state index contributed by atoms with van der Waals surface area (Å²) in [6.07, 6.45) is 1.65. The van der Waals surface area contributed by atoms with Gasteiger partial charge in [-0.25, -0.2) is 4.98 Å². The quantitative estimate of drug-likeness (QED) is 0.796. The Kier molecular flexibility index (Phi) is 4.57. The van der Waals surface area contributed by atoms with Crippen LogP contribution in [0.3, 0.4) is 0 Å². The molecule has 0 spiro atoms. The Hall–Kier alpha value is -2.09. The third kappa shape index (κ3) is 3.08. The second-order valence-corrected chi connectivity index (χ2v) is 4.83. The van der Waals surface area contributed by atoms with E-state index in [4.69, 9.17) is 10.5 Å². The molecule has 0 aliphatic rings. The van der Waals surface area contributed by atoms with E-state index in [0.29, 0.717) is 23.4 Å². The highest BCUT2D eigenvalue weighted by Gasteiger charge is 2.14. The largest absolute Gasteiger partial charge is 0.481 e. The fourth-order valence-electron chi connectivity index (χ4n) is 1.69. The van der Waals surface area contributed by atoms with Crippen molar-refractivity contribution in [3.8, 4) is 17.3 Å². The second-order valence-electron chi connectivity index (χ2n) is 3.89. The van der Waals surface area contributed by atoms with Crippen molar-refractivity contribution in [2.24, 2.45) is 5.73 Å². The fraction of sp³-hybridized carbons (Fsp3) is 0.333. The maximum Gasteiger partial charge on any atom is 0.227 e. The van der Waals surface area contributed by atoms with E-state index in [1.54, 1.807) is 19.4 Å². The lowest BCUT2D eigenvalue weighted by Crippen LogP contribution is -2.13. The van der Waals surface area contributed by atoms with Crippen LogP contribution in [0.4, 0.5) is 0 Å². The van der Waals surface area contributed by atoms with Crippen molar-refractivity contribution in [1.29, 1.82) is 0 Å². The van der Waals surface area contributed by atoms with E-state index in [-0.39, 0.29) is 11.7 Å². The maximum absolute atomic E-state index is 10.9. The van der Waals surface area contributed by atoms with Gasteiger partial charge in [-0.05, 0) is 13.0 Å². The first kappa shape index (κ1) is 14.3. The van der Waals surface area contributed by atoms with Crippen LogP contribution < -0.4 is 10.5 Å². The molecule has 2 rings (SSSR count). The van der Waals surface area contributed by atoms with Gasteiger partial charge in [-0.1, -0.05) is 11.8 Å². The maximum atomic E-state index is 10.9. The molecular formula is C12H15N5O2S. The number of nitrogens with two attached hydrogens (primary N) is 1. The minimum atomic E-state index is -0.382. The summed E-state index contributed by atoms with van der Waals surface area (Å²) in [7, 11) is 1.56. The fourth-order valence-corrected chi connectivity index (χ4v) is 2.43. The number of ether oxygens (including phenoxy) is 1. The van der Waals surface area contributed by atoms with Gasteiger partial charge in [0, 0.05) is 24.4 Å². The topological polar surface area (TPSA) is 95.9 Å². The van der Waals surface area contributed by atoms with Gasteiger partial charge in [-0.15, -0.1) is 10.2 Å². The molecular weight excluding hydrogens is 278 g/mol. The van der Waals surface area contributed by atoms with Gasteiger partial charge in [0.1, 0.15) is 0 Å². The third-order valence-electron chi connectivity index (χ3n) is 2.58. The van der Waals surface area contributed by atoms with Crippen LogP contribution in [0.25, 0.3) is 11.4 Å². The summed E-state index contributed by atoms with van der Waals surface area (Å²) in [6, 6.07) is 3.62. The summed E-state index contributed by atoms with van der Waals surface area (Å²) >= 11 is 1.27. The molecule has 0 unspecified atom stereocenters. The molecule has 0 aromatic carbocycles. The van der Waals surface area contributed by atoms with Crippen LogP contribution in [0.2, 0.25) is 0 Å². The van der Waals surface area contributed by atoms with Crippen molar-refractivity contribution >= 4 is 17.7 Å². The van der Waals surface area contributed by atoms with E-state index >= 15 is 0 Å². The highest BCUT2D eigenvalue weighted by Crippen LogP contribution is 2.25. The molecule has 0 bridgehead atoms. The van der Waals surface area contributed by atoms with Crippen LogP contribution >= 0.6 is 11.8 Å². The van der Waals surface area contributed by atoms with Crippen LogP contribution in [0, 0.1) is 0 Å². The number of hydrogen-bond donors (Lipinski definition) is 1. The summed E-state index contributed by atoms with van der Waals surface area (Å²) in [5.74, 6) is 1.02. The van der Waals surface area contributed by atoms with Crippen molar-refractivity contribution < 1.29 is 9.53 Å². The van der Waals surface area contributed by atoms with E-state index in [1.165, 1.54) is 11.8 Å². The first-order valence-corrected chi connectivity index (χ1v) is 6.99. The number of methoxy groups -OCH3 is 1. The van der Waals surface area contributed by atoms with E-state index in [2.05, 4.69) is 15.2 Å². The number of primary amides is 1. The molecule has 1 amide bonds. The normalized spacial score (nSPS) is 10.5. The lowest BCUT2D eigenvalue weighted by atomic mass is 10.2. The molecule has 0 radical (unpaired) electrons. The van der Waals surface area contributed by atoms with Gasteiger partial charge >= 0.3 is 0 Å². The van der Waals surface area contributed by atoms with E-state index in [9.17, 15) is 4.79 Å². The molecule has 20 heavy (non-hydrogen) atoms. The Bertz CT molecular complexity index is 614. The van der Waals surface area contributed by atoms with Crippen molar-refractivity contribution in [3.05, 3.63) is 18.3 Å². The molecule has 2 heterocycles. The minimum absolute atomic E-state index is 0.178. The number of nitrogens with zero attached hydrogens (tertiary/aromatic N) is 4. The number of rotatable bonds is 6. The lowest BCUT2D eigenvalue weighted by molar-refractivity contribution is -0.115. The van der Waals surface area contributed by atoms with Crippen molar-refractivity contribution in [3.63, 3.8) is 0 Å². The summed E-state index contributed by atoms with van der Waals surface area (Å²) in [4.78, 5) is 14.9. The molecule has 7 nitrogen and oxygen atoms in total. The number of aromatic nitrogens is 4. The minimum Gasteiger partial charge on any atom is -0.481 e. The van der Waals surface area contributed by atoms with E-state index < -0.39 is 0 Å². The Morgan fingerprint density at radius 2 is 2.30 bits per heavy atom. The Labute approximate surface area is 120 Å². The van der Waals surface area contributed by atoms with Crippen LogP contribution in [-0.2, 0) is 11.3 Å². The average Bonchev–Trinajstić information content (AvgIpc) is 2.88. The SMILES string of the molecule is CCn1c(SCC(N)=O)nnc1-c1ccnc(OC)c1. The zero-order valence-electron chi connectivity index (χ0n) is 11.2. The van der Waals surface area contributed by atoms with Gasteiger partial charge in [0.15, 0.2) is 11.0 Å². The molecule has 0 aliphatic heterocycles. The van der Waals surface area contributed by atoms with E-state index in [1.807, 2.05) is 17.6 Å². The number of hydrogen-bond acceptors (Lipinski definition) is 6. The predicted molar refractivity (Wildman–Crippen MR) is 75.4 cm³/mol. The third-order valence-corrected chi connectivity index (χ3v) is 3.57. The highest BCUT2D eigenvalue weighted by molar-refractivity contribution is 7.99. The Morgan fingerprint density at radius 1 is 1.50 bits per heavy atom. The molecule has 106 valence electrons. The smallest absolute Gasteiger partial charge is 0.227 e. The van der Waals surface area contributed by atoms with Gasteiger partial charge in [-0.2, -0.15) is 0 Å². The first-order valence-electron chi connectivity index (χ1n) is 6.00. The first-order chi connectivity index (χ1) is 9.65. The molecule has 0 saturated carbocycles. The number of amides is 1. The molecule has 0 aliphatic carbocycles. The summed E-state index contributed by atoms with van der Waals surface area (Å²) in [5.41, 5.74) is 6.00. The number of thioether (sulfide) groups is 1. The predicted octanol–water partition coefficient (Wildman–Crippen LogP) is 0.946. The van der Waals surface area contributed by atoms with Crippen molar-refractivity contribution in [2.75, 3.05) is 12.9 Å². The van der Waals surface area contributed by atoms with Gasteiger partial charge in [0.05, 0.1) is 12.9 Å². The van der Waals surface area contributed by atoms with Crippen LogP contribution in [0.15, 0.2) is 23.5 Å². The molecule has 8 heteroatoms. The zero-order valence-corrected chi connectivity index (χ0v) is 12.1. The molecule has 2 aromatic heterocycles. The number of carbonyl (C=O) groups excluding carboxylic acids is 1. The van der Waals surface area contributed by atoms with Gasteiger partial charge in [0.25, 0.3) is 0 Å². The Morgan fingerprint density at radius 3 is 2.95 bits per heavy atom. The average molecular weight is 293 g/mol. The standard InChI is InChI=1S/C12H15N5O2S/c1-3-17-11(8-4-5-14-10(6-8)19-2)15-16-12(17)20-7-9(13)18/h4-6H,3,7H2,1-2H3,(H2,13,18). The van der Waals surface area contributed by atoms with Gasteiger partial charge in [0.2, 0.25) is 11.8 Å². The van der Waals surface area contributed by atoms with Crippen molar-refractivity contribution in [2.45, 2.75) is 18.6 Å². The molecule has 2 aromatic rings. The summed E-state index contributed by atoms with van der Waals surface area (Å²) in [6.45, 7) is 2.67. The monoisotopic (exact) mass is 293 g/mol. The summed E-state index contributed by atoms with van der Waals surface area (Å²) in [5, 5.41) is 8.93. The second kappa shape index (κ2) is 6.38. The highest BCUT2D eigenvalue weighted by atomic mass is 32.2. The zero-order chi connectivity index (χ0) is 14.5. The van der Waals surface area contributed by atoms with Crippen LogP contribution in [0.5, 0.6) is 5.88 Å². The molecule has 0 fully saturated rings. The summed E-state index contributed by atoms with van der Waals surface area (Å²) < 4.78 is 7.02. The van der Waals surface area contributed by atoms with Crippen LogP contribution in [0.1, 0.15) is 6.92 Å². The molecule has 0 saturated heterocycles. The molecule has 0 atom stereocenters. The Balaban J connectivity index is 2.34. The number of pyridine rings is 1. The lowest BCUT2D eigenvalue weighted by Gasteiger charge is -2.07. The van der Waals surface area contributed by atoms with Crippen LogP contribution in [-0.4, -0.2) is 38.5 Å².